The quantitative estimate of drug-likeness (QED) is 0.103. The van der Waals surface area contributed by atoms with E-state index in [2.05, 4.69) is 20.5 Å². The van der Waals surface area contributed by atoms with E-state index in [9.17, 15) is 9.59 Å². The Bertz CT molecular complexity index is 2440. The minimum atomic E-state index is -1.22. The summed E-state index contributed by atoms with van der Waals surface area (Å²) in [5, 5.41) is 7.59. The first-order chi connectivity index (χ1) is 26.9. The van der Waals surface area contributed by atoms with Gasteiger partial charge in [-0.3, -0.25) is 4.79 Å². The number of hydrogen-bond donors (Lipinski definition) is 3. The molecule has 3 aliphatic heterocycles. The molecule has 1 fully saturated rings. The maximum absolute atomic E-state index is 13.7. The van der Waals surface area contributed by atoms with Gasteiger partial charge in [-0.15, -0.1) is 0 Å². The van der Waals surface area contributed by atoms with Gasteiger partial charge in [0.2, 0.25) is 0 Å². The number of aromatic nitrogens is 3. The summed E-state index contributed by atoms with van der Waals surface area (Å²) in [6.07, 6.45) is 3.47. The van der Waals surface area contributed by atoms with Gasteiger partial charge in [-0.2, -0.15) is 0 Å². The summed E-state index contributed by atoms with van der Waals surface area (Å²) < 4.78 is 18.3. The topological polar surface area (TPSA) is 134 Å². The van der Waals surface area contributed by atoms with Crippen LogP contribution in [0.2, 0.25) is 0 Å². The first-order valence-corrected chi connectivity index (χ1v) is 18.7. The van der Waals surface area contributed by atoms with Crippen LogP contribution in [0.15, 0.2) is 97.2 Å². The molecule has 3 N–H and O–H groups in total. The number of unbranched alkanes of at least 4 members (excludes halogenated alkanes) is 1. The number of fused-ring (bicyclic) bond motifs is 7. The van der Waals surface area contributed by atoms with Crippen molar-refractivity contribution in [2.75, 3.05) is 68.6 Å². The van der Waals surface area contributed by atoms with E-state index in [0.717, 1.165) is 70.8 Å². The van der Waals surface area contributed by atoms with E-state index in [1.165, 1.54) is 0 Å². The summed E-state index contributed by atoms with van der Waals surface area (Å²) in [4.78, 5) is 44.5. The van der Waals surface area contributed by atoms with Gasteiger partial charge < -0.3 is 39.6 Å². The highest BCUT2D eigenvalue weighted by atomic mass is 16.6. The van der Waals surface area contributed by atoms with Crippen molar-refractivity contribution in [2.24, 2.45) is 0 Å². The first kappa shape index (κ1) is 34.4. The van der Waals surface area contributed by atoms with Crippen molar-refractivity contribution in [2.45, 2.75) is 18.4 Å². The van der Waals surface area contributed by atoms with Crippen LogP contribution in [0.25, 0.3) is 22.3 Å². The molecule has 9 rings (SSSR count). The van der Waals surface area contributed by atoms with Crippen LogP contribution in [0.1, 0.15) is 50.2 Å². The van der Waals surface area contributed by atoms with Gasteiger partial charge in [0.15, 0.2) is 11.4 Å². The van der Waals surface area contributed by atoms with Crippen molar-refractivity contribution in [3.8, 4) is 22.9 Å². The van der Waals surface area contributed by atoms with Crippen LogP contribution >= 0.6 is 0 Å². The van der Waals surface area contributed by atoms with Gasteiger partial charge in [-0.25, -0.2) is 14.8 Å². The average molecular weight is 736 g/mol. The summed E-state index contributed by atoms with van der Waals surface area (Å²) in [6, 6.07) is 28.8. The Kier molecular flexibility index (Phi) is 8.82. The average Bonchev–Trinajstić information content (AvgIpc) is 3.82. The smallest absolute Gasteiger partial charge is 0.340 e. The fourth-order valence-electron chi connectivity index (χ4n) is 7.88. The highest BCUT2D eigenvalue weighted by molar-refractivity contribution is 6.02. The Morgan fingerprint density at radius 2 is 1.69 bits per heavy atom. The molecule has 1 unspecified atom stereocenters. The molecule has 1 saturated heterocycles. The third-order valence-corrected chi connectivity index (χ3v) is 10.5. The number of anilines is 3. The van der Waals surface area contributed by atoms with Crippen LogP contribution in [0, 0.1) is 0 Å². The molecular weight excluding hydrogens is 695 g/mol. The number of para-hydroxylation sites is 1. The molecule has 0 bridgehead atoms. The molecule has 278 valence electrons. The van der Waals surface area contributed by atoms with Crippen LogP contribution in [-0.4, -0.2) is 80.3 Å². The van der Waals surface area contributed by atoms with E-state index in [-0.39, 0.29) is 5.91 Å². The lowest BCUT2D eigenvalue weighted by Gasteiger charge is -2.38. The number of amides is 1. The van der Waals surface area contributed by atoms with Crippen molar-refractivity contribution in [3.05, 3.63) is 125 Å². The monoisotopic (exact) mass is 735 g/mol. The molecule has 6 aromatic rings. The number of ether oxygens (including phenoxy) is 3. The minimum absolute atomic E-state index is 0.249. The van der Waals surface area contributed by atoms with Crippen LogP contribution in [0.3, 0.4) is 0 Å². The maximum atomic E-state index is 13.7. The second kappa shape index (κ2) is 14.1. The molecular formula is C43H41N7O5. The van der Waals surface area contributed by atoms with Gasteiger partial charge in [0.05, 0.1) is 24.3 Å². The van der Waals surface area contributed by atoms with Gasteiger partial charge in [-0.1, -0.05) is 42.5 Å². The molecule has 55 heavy (non-hydrogen) atoms. The number of nitrogens with zero attached hydrogens (tertiary/aromatic N) is 4. The van der Waals surface area contributed by atoms with Gasteiger partial charge in [0, 0.05) is 91.4 Å². The highest BCUT2D eigenvalue weighted by Crippen LogP contribution is 2.58. The Morgan fingerprint density at radius 3 is 2.56 bits per heavy atom. The van der Waals surface area contributed by atoms with Gasteiger partial charge in [0.25, 0.3) is 5.91 Å². The Balaban J connectivity index is 0.881. The highest BCUT2D eigenvalue weighted by Gasteiger charge is 2.55. The van der Waals surface area contributed by atoms with Crippen molar-refractivity contribution >= 4 is 40.1 Å². The Morgan fingerprint density at radius 1 is 0.873 bits per heavy atom. The lowest BCUT2D eigenvalue weighted by atomic mass is 9.76. The maximum Gasteiger partial charge on any atom is 0.340 e. The third kappa shape index (κ3) is 6.08. The lowest BCUT2D eigenvalue weighted by Crippen LogP contribution is -2.36. The molecule has 1 spiro atoms. The number of aromatic amines is 1. The van der Waals surface area contributed by atoms with Crippen LogP contribution in [0.4, 0.5) is 17.3 Å². The van der Waals surface area contributed by atoms with Crippen molar-refractivity contribution < 1.29 is 23.8 Å². The zero-order chi connectivity index (χ0) is 37.5. The van der Waals surface area contributed by atoms with Crippen molar-refractivity contribution in [1.82, 2.24) is 20.3 Å². The molecule has 0 saturated carbocycles. The molecule has 1 amide bonds. The summed E-state index contributed by atoms with van der Waals surface area (Å²) in [7, 11) is 3.90. The summed E-state index contributed by atoms with van der Waals surface area (Å²) >= 11 is 0. The zero-order valence-electron chi connectivity index (χ0n) is 30.7. The number of carbonyl (C=O) groups excluding carboxylic acids is 2. The van der Waals surface area contributed by atoms with Gasteiger partial charge in [-0.05, 0) is 55.3 Å². The summed E-state index contributed by atoms with van der Waals surface area (Å²) in [6.45, 7) is 3.99. The van der Waals surface area contributed by atoms with Gasteiger partial charge in [0.1, 0.15) is 23.1 Å². The number of H-pyrrole nitrogens is 1. The van der Waals surface area contributed by atoms with E-state index in [1.807, 2.05) is 104 Å². The number of hydrogen-bond acceptors (Lipinski definition) is 10. The number of carbonyl (C=O) groups is 2. The molecule has 12 heteroatoms. The molecule has 4 aromatic carbocycles. The fraction of sp³-hybridized carbons (Fsp3) is 0.256. The van der Waals surface area contributed by atoms with Crippen LogP contribution in [0.5, 0.6) is 11.5 Å². The number of rotatable bonds is 10. The van der Waals surface area contributed by atoms with Crippen LogP contribution < -0.4 is 25.2 Å². The van der Waals surface area contributed by atoms with Crippen molar-refractivity contribution in [3.63, 3.8) is 0 Å². The standard InChI is InChI=1S/C43H41N7O5/c1-49(2)34-12-8-14-36-39(34)43(32-10-3-4-13-35(32)54-36)31-16-15-27(25-30(31)42(52)55-43)41(51)46-19-6-5-18-45-37-26-38(50-21-23-53-24-22-50)48-40(47-37)29-9-7-11-33-28(29)17-20-44-33/h3-4,7-17,20,25-26,44H,5-6,18-19,21-24H2,1-2H3,(H,46,51)(H,45,47,48). The summed E-state index contributed by atoms with van der Waals surface area (Å²) in [5.41, 5.74) is 4.59. The molecule has 5 heterocycles. The predicted octanol–water partition coefficient (Wildman–Crippen LogP) is 6.72. The zero-order valence-corrected chi connectivity index (χ0v) is 30.7. The molecule has 3 aliphatic rings. The molecule has 0 aliphatic carbocycles. The predicted molar refractivity (Wildman–Crippen MR) is 211 cm³/mol. The van der Waals surface area contributed by atoms with E-state index >= 15 is 0 Å². The normalized spacial score (nSPS) is 16.9. The fourth-order valence-corrected chi connectivity index (χ4v) is 7.88. The van der Waals surface area contributed by atoms with E-state index < -0.39 is 11.6 Å². The molecule has 0 radical (unpaired) electrons. The number of esters is 1. The van der Waals surface area contributed by atoms with E-state index in [0.29, 0.717) is 60.3 Å². The number of morpholine rings is 1. The van der Waals surface area contributed by atoms with Crippen molar-refractivity contribution in [1.29, 1.82) is 0 Å². The largest absolute Gasteiger partial charge is 0.456 e. The van der Waals surface area contributed by atoms with Gasteiger partial charge >= 0.3 is 5.97 Å². The molecule has 12 nitrogen and oxygen atoms in total. The number of benzene rings is 4. The minimum Gasteiger partial charge on any atom is -0.456 e. The van der Waals surface area contributed by atoms with E-state index in [1.54, 1.807) is 12.1 Å². The second-order valence-corrected chi connectivity index (χ2v) is 14.1. The third-order valence-electron chi connectivity index (χ3n) is 10.5. The first-order valence-electron chi connectivity index (χ1n) is 18.7. The van der Waals surface area contributed by atoms with Crippen LogP contribution in [-0.2, 0) is 15.1 Å². The Hall–Kier alpha value is -6.40. The summed E-state index contributed by atoms with van der Waals surface area (Å²) in [5.74, 6) is 2.78. The number of nitrogens with one attached hydrogen (secondary N) is 3. The lowest BCUT2D eigenvalue weighted by molar-refractivity contribution is 0.0226. The molecule has 2 aromatic heterocycles. The SMILES string of the molecule is CN(C)c1cccc2c1C1(OC(=O)c3cc(C(=O)NCCCCNc4cc(N5CCOCC5)nc(-c5cccc6[nH]ccc56)n4)ccc31)c1ccccc1O2. The molecule has 1 atom stereocenters. The van der Waals surface area contributed by atoms with E-state index in [4.69, 9.17) is 24.2 Å². The Labute approximate surface area is 318 Å². The second-order valence-electron chi connectivity index (χ2n) is 14.1.